The number of aryl methyl sites for hydroxylation is 1. The maximum atomic E-state index is 12.4. The van der Waals surface area contributed by atoms with E-state index in [1.807, 2.05) is 54.3 Å². The van der Waals surface area contributed by atoms with Crippen molar-refractivity contribution in [1.82, 2.24) is 19.6 Å². The average Bonchev–Trinajstić information content (AvgIpc) is 3.20. The van der Waals surface area contributed by atoms with Crippen molar-refractivity contribution in [3.05, 3.63) is 71.7 Å². The number of aromatic nitrogens is 4. The fourth-order valence-electron chi connectivity index (χ4n) is 2.63. The van der Waals surface area contributed by atoms with Gasteiger partial charge in [-0.2, -0.15) is 10.2 Å². The zero-order valence-electron chi connectivity index (χ0n) is 16.2. The molecule has 0 saturated heterocycles. The average molecular weight is 363 g/mol. The largest absolute Gasteiger partial charge is 0.307 e. The second-order valence-corrected chi connectivity index (χ2v) is 7.58. The Morgan fingerprint density at radius 1 is 1.22 bits per heavy atom. The predicted molar refractivity (Wildman–Crippen MR) is 107 cm³/mol. The monoisotopic (exact) mass is 363 g/mol. The van der Waals surface area contributed by atoms with Crippen LogP contribution in [0.25, 0.3) is 6.08 Å². The van der Waals surface area contributed by atoms with Crippen LogP contribution in [-0.2, 0) is 23.8 Å². The molecule has 3 rings (SSSR count). The first kappa shape index (κ1) is 18.6. The molecule has 0 atom stereocenters. The Morgan fingerprint density at radius 2 is 1.96 bits per heavy atom. The van der Waals surface area contributed by atoms with E-state index in [0.29, 0.717) is 12.4 Å². The topological polar surface area (TPSA) is 64.7 Å². The van der Waals surface area contributed by atoms with Crippen molar-refractivity contribution in [2.75, 3.05) is 5.32 Å². The molecular weight excluding hydrogens is 338 g/mol. The first-order chi connectivity index (χ1) is 12.8. The van der Waals surface area contributed by atoms with Crippen LogP contribution >= 0.6 is 0 Å². The third-order valence-corrected chi connectivity index (χ3v) is 4.13. The number of hydrogen-bond acceptors (Lipinski definition) is 3. The summed E-state index contributed by atoms with van der Waals surface area (Å²) in [4.78, 5) is 12.4. The third kappa shape index (κ3) is 4.94. The van der Waals surface area contributed by atoms with E-state index in [2.05, 4.69) is 31.2 Å². The van der Waals surface area contributed by atoms with Gasteiger partial charge in [0.15, 0.2) is 0 Å². The van der Waals surface area contributed by atoms with Gasteiger partial charge < -0.3 is 5.32 Å². The van der Waals surface area contributed by atoms with E-state index in [4.69, 9.17) is 5.10 Å². The number of rotatable bonds is 5. The number of carbonyl (C=O) groups excluding carboxylic acids is 1. The van der Waals surface area contributed by atoms with Gasteiger partial charge in [-0.05, 0) is 11.6 Å². The quantitative estimate of drug-likeness (QED) is 0.704. The summed E-state index contributed by atoms with van der Waals surface area (Å²) >= 11 is 0. The number of amides is 1. The standard InChI is InChI=1S/C21H25N5O/c1-21(2,3)18-12-19(26(24-18)15-16-8-6-5-7-9-16)23-20(27)11-10-17-13-22-25(4)14-17/h5-14H,15H2,1-4H3,(H,23,27)/b11-10+. The Hall–Kier alpha value is -3.15. The highest BCUT2D eigenvalue weighted by Crippen LogP contribution is 2.24. The molecule has 6 nitrogen and oxygen atoms in total. The van der Waals surface area contributed by atoms with Crippen molar-refractivity contribution in [3.8, 4) is 0 Å². The number of carbonyl (C=O) groups is 1. The molecule has 2 heterocycles. The fraction of sp³-hybridized carbons (Fsp3) is 0.286. The minimum Gasteiger partial charge on any atom is -0.307 e. The lowest BCUT2D eigenvalue weighted by molar-refractivity contribution is -0.111. The van der Waals surface area contributed by atoms with Crippen LogP contribution in [0.4, 0.5) is 5.82 Å². The lowest BCUT2D eigenvalue weighted by Crippen LogP contribution is -2.14. The Kier molecular flexibility index (Phi) is 5.26. The van der Waals surface area contributed by atoms with Gasteiger partial charge in [-0.1, -0.05) is 51.1 Å². The minimum atomic E-state index is -0.200. The molecule has 3 aromatic rings. The number of benzene rings is 1. The molecule has 0 unspecified atom stereocenters. The summed E-state index contributed by atoms with van der Waals surface area (Å²) in [5.41, 5.74) is 2.83. The van der Waals surface area contributed by atoms with Gasteiger partial charge in [0.25, 0.3) is 0 Å². The zero-order valence-corrected chi connectivity index (χ0v) is 16.2. The molecule has 2 aromatic heterocycles. The number of nitrogens with one attached hydrogen (secondary N) is 1. The summed E-state index contributed by atoms with van der Waals surface area (Å²) in [6.07, 6.45) is 6.81. The fourth-order valence-corrected chi connectivity index (χ4v) is 2.63. The van der Waals surface area contributed by atoms with E-state index in [9.17, 15) is 4.79 Å². The molecule has 0 saturated carbocycles. The number of hydrogen-bond donors (Lipinski definition) is 1. The zero-order chi connectivity index (χ0) is 19.4. The Bertz CT molecular complexity index is 945. The van der Waals surface area contributed by atoms with Gasteiger partial charge in [0.1, 0.15) is 5.82 Å². The first-order valence-corrected chi connectivity index (χ1v) is 8.91. The normalized spacial score (nSPS) is 11.9. The van der Waals surface area contributed by atoms with Crippen molar-refractivity contribution in [3.63, 3.8) is 0 Å². The van der Waals surface area contributed by atoms with Crippen molar-refractivity contribution in [2.24, 2.45) is 7.05 Å². The third-order valence-electron chi connectivity index (χ3n) is 4.13. The van der Waals surface area contributed by atoms with Crippen LogP contribution in [0.1, 0.15) is 37.6 Å². The van der Waals surface area contributed by atoms with Gasteiger partial charge in [-0.25, -0.2) is 4.68 Å². The molecule has 27 heavy (non-hydrogen) atoms. The molecule has 1 aromatic carbocycles. The summed E-state index contributed by atoms with van der Waals surface area (Å²) in [6.45, 7) is 6.92. The van der Waals surface area contributed by atoms with Crippen LogP contribution in [0.5, 0.6) is 0 Å². The highest BCUT2D eigenvalue weighted by atomic mass is 16.1. The highest BCUT2D eigenvalue weighted by Gasteiger charge is 2.20. The van der Waals surface area contributed by atoms with Crippen molar-refractivity contribution in [1.29, 1.82) is 0 Å². The van der Waals surface area contributed by atoms with Gasteiger partial charge >= 0.3 is 0 Å². The van der Waals surface area contributed by atoms with Crippen LogP contribution in [0, 0.1) is 0 Å². The molecule has 140 valence electrons. The molecule has 0 aliphatic heterocycles. The lowest BCUT2D eigenvalue weighted by atomic mass is 9.92. The van der Waals surface area contributed by atoms with E-state index in [-0.39, 0.29) is 11.3 Å². The summed E-state index contributed by atoms with van der Waals surface area (Å²) < 4.78 is 3.54. The van der Waals surface area contributed by atoms with E-state index in [1.54, 1.807) is 17.0 Å². The van der Waals surface area contributed by atoms with Gasteiger partial charge in [0.05, 0.1) is 18.4 Å². The van der Waals surface area contributed by atoms with Crippen LogP contribution in [0.3, 0.4) is 0 Å². The smallest absolute Gasteiger partial charge is 0.249 e. The summed E-state index contributed by atoms with van der Waals surface area (Å²) in [5.74, 6) is 0.484. The number of anilines is 1. The highest BCUT2D eigenvalue weighted by molar-refractivity contribution is 6.01. The Morgan fingerprint density at radius 3 is 2.59 bits per heavy atom. The minimum absolute atomic E-state index is 0.104. The summed E-state index contributed by atoms with van der Waals surface area (Å²) in [6, 6.07) is 12.0. The SMILES string of the molecule is Cn1cc(/C=C/C(=O)Nc2cc(C(C)(C)C)nn2Cc2ccccc2)cn1. The van der Waals surface area contributed by atoms with Gasteiger partial charge in [-0.15, -0.1) is 0 Å². The van der Waals surface area contributed by atoms with Gasteiger partial charge in [0, 0.05) is 36.4 Å². The van der Waals surface area contributed by atoms with E-state index >= 15 is 0 Å². The summed E-state index contributed by atoms with van der Waals surface area (Å²) in [7, 11) is 1.84. The maximum Gasteiger partial charge on any atom is 0.249 e. The molecule has 1 N–H and O–H groups in total. The van der Waals surface area contributed by atoms with Crippen LogP contribution < -0.4 is 5.32 Å². The van der Waals surface area contributed by atoms with Crippen molar-refractivity contribution >= 4 is 17.8 Å². The Balaban J connectivity index is 1.81. The summed E-state index contributed by atoms with van der Waals surface area (Å²) in [5, 5.41) is 11.8. The predicted octanol–water partition coefficient (Wildman–Crippen LogP) is 3.61. The molecule has 6 heteroatoms. The van der Waals surface area contributed by atoms with Crippen LogP contribution in [0.2, 0.25) is 0 Å². The molecule has 0 bridgehead atoms. The molecule has 0 aliphatic rings. The molecular formula is C21H25N5O. The van der Waals surface area contributed by atoms with Crippen LogP contribution in [-0.4, -0.2) is 25.5 Å². The maximum absolute atomic E-state index is 12.4. The van der Waals surface area contributed by atoms with Crippen molar-refractivity contribution in [2.45, 2.75) is 32.7 Å². The molecule has 0 fully saturated rings. The van der Waals surface area contributed by atoms with Crippen LogP contribution in [0.15, 0.2) is 54.9 Å². The van der Waals surface area contributed by atoms with Crippen molar-refractivity contribution < 1.29 is 4.79 Å². The second-order valence-electron chi connectivity index (χ2n) is 7.58. The molecule has 1 amide bonds. The van der Waals surface area contributed by atoms with E-state index < -0.39 is 0 Å². The number of nitrogens with zero attached hydrogens (tertiary/aromatic N) is 4. The van der Waals surface area contributed by atoms with Gasteiger partial charge in [0.2, 0.25) is 5.91 Å². The van der Waals surface area contributed by atoms with Gasteiger partial charge in [-0.3, -0.25) is 9.48 Å². The molecule has 0 spiro atoms. The van der Waals surface area contributed by atoms with E-state index in [0.717, 1.165) is 16.8 Å². The first-order valence-electron chi connectivity index (χ1n) is 8.91. The molecule has 0 radical (unpaired) electrons. The lowest BCUT2D eigenvalue weighted by Gasteiger charge is -2.14. The van der Waals surface area contributed by atoms with E-state index in [1.165, 1.54) is 6.08 Å². The second kappa shape index (κ2) is 7.61. The molecule has 0 aliphatic carbocycles. The Labute approximate surface area is 159 Å².